The molecule has 1 aliphatic rings. The summed E-state index contributed by atoms with van der Waals surface area (Å²) in [7, 11) is 3.27. The van der Waals surface area contributed by atoms with Gasteiger partial charge in [-0.15, -0.1) is 0 Å². The zero-order chi connectivity index (χ0) is 22.2. The minimum Gasteiger partial charge on any atom is -0.488 e. The van der Waals surface area contributed by atoms with Crippen LogP contribution in [0, 0.1) is 5.82 Å². The molecule has 1 aliphatic heterocycles. The van der Waals surface area contributed by atoms with Gasteiger partial charge in [-0.25, -0.2) is 9.18 Å². The van der Waals surface area contributed by atoms with Gasteiger partial charge in [0.15, 0.2) is 0 Å². The van der Waals surface area contributed by atoms with Crippen LogP contribution in [-0.4, -0.2) is 56.9 Å². The molecule has 31 heavy (non-hydrogen) atoms. The van der Waals surface area contributed by atoms with Crippen LogP contribution in [0.25, 0.3) is 0 Å². The van der Waals surface area contributed by atoms with Crippen LogP contribution in [0.5, 0.6) is 5.75 Å². The molecule has 0 aromatic heterocycles. The van der Waals surface area contributed by atoms with Crippen molar-refractivity contribution in [2.45, 2.75) is 38.5 Å². The van der Waals surface area contributed by atoms with E-state index in [9.17, 15) is 9.18 Å². The first-order valence-electron chi connectivity index (χ1n) is 10.7. The minimum atomic E-state index is -0.342. The van der Waals surface area contributed by atoms with E-state index < -0.39 is 0 Å². The number of carbonyl (C=O) groups excluding carboxylic acids is 1. The number of ether oxygens (including phenoxy) is 2. The van der Waals surface area contributed by atoms with Gasteiger partial charge in [0.05, 0.1) is 6.61 Å². The molecule has 1 fully saturated rings. The van der Waals surface area contributed by atoms with Crippen LogP contribution in [0.1, 0.15) is 25.3 Å². The van der Waals surface area contributed by atoms with Gasteiger partial charge in [0, 0.05) is 45.5 Å². The summed E-state index contributed by atoms with van der Waals surface area (Å²) in [4.78, 5) is 16.6. The third-order valence-electron chi connectivity index (χ3n) is 5.48. The van der Waals surface area contributed by atoms with Crippen molar-refractivity contribution >= 4 is 11.7 Å². The lowest BCUT2D eigenvalue weighted by molar-refractivity contribution is 0.0919. The third kappa shape index (κ3) is 6.42. The first kappa shape index (κ1) is 23.0. The van der Waals surface area contributed by atoms with E-state index in [1.165, 1.54) is 17.7 Å². The van der Waals surface area contributed by atoms with Crippen LogP contribution in [-0.2, 0) is 11.3 Å². The fourth-order valence-electron chi connectivity index (χ4n) is 4.05. The molecule has 0 aliphatic carbocycles. The van der Waals surface area contributed by atoms with Crippen LogP contribution >= 0.6 is 0 Å². The maximum absolute atomic E-state index is 13.7. The van der Waals surface area contributed by atoms with Crippen LogP contribution in [0.3, 0.4) is 0 Å². The van der Waals surface area contributed by atoms with E-state index in [-0.39, 0.29) is 24.0 Å². The molecule has 1 heterocycles. The SMILES string of the molecule is CNC(=O)N(c1cccc(F)c1)C1CCN(Cc2cccc(OC(C)COC)c2)CC1. The summed E-state index contributed by atoms with van der Waals surface area (Å²) in [5.74, 6) is 0.500. The van der Waals surface area contributed by atoms with Crippen molar-refractivity contribution < 1.29 is 18.7 Å². The van der Waals surface area contributed by atoms with Crippen molar-refractivity contribution in [3.05, 3.63) is 59.9 Å². The van der Waals surface area contributed by atoms with Gasteiger partial charge in [-0.3, -0.25) is 9.80 Å². The van der Waals surface area contributed by atoms with Gasteiger partial charge < -0.3 is 14.8 Å². The van der Waals surface area contributed by atoms with E-state index in [1.807, 2.05) is 19.1 Å². The molecule has 0 radical (unpaired) electrons. The van der Waals surface area contributed by atoms with Crippen molar-refractivity contribution in [2.75, 3.05) is 38.8 Å². The first-order valence-corrected chi connectivity index (χ1v) is 10.7. The number of nitrogens with zero attached hydrogens (tertiary/aromatic N) is 2. The van der Waals surface area contributed by atoms with Crippen molar-refractivity contribution in [3.8, 4) is 5.75 Å². The molecule has 0 spiro atoms. The van der Waals surface area contributed by atoms with E-state index in [0.717, 1.165) is 38.2 Å². The van der Waals surface area contributed by atoms with E-state index >= 15 is 0 Å². The summed E-state index contributed by atoms with van der Waals surface area (Å²) in [6.45, 7) is 5.07. The standard InChI is InChI=1S/C24H32FN3O3/c1-18(17-30-3)31-23-9-4-6-19(14-23)16-27-12-10-21(11-13-27)28(24(29)26-2)22-8-5-7-20(25)15-22/h4-9,14-15,18,21H,10-13,16-17H2,1-3H3,(H,26,29). The summed E-state index contributed by atoms with van der Waals surface area (Å²) >= 11 is 0. The fraction of sp³-hybridized carbons (Fsp3) is 0.458. The Kier molecular flexibility index (Phi) is 8.26. The predicted octanol–water partition coefficient (Wildman–Crippen LogP) is 4.05. The highest BCUT2D eigenvalue weighted by molar-refractivity contribution is 5.92. The first-order chi connectivity index (χ1) is 15.0. The molecular weight excluding hydrogens is 397 g/mol. The Labute approximate surface area is 183 Å². The number of rotatable bonds is 8. The zero-order valence-corrected chi connectivity index (χ0v) is 18.5. The number of nitrogens with one attached hydrogen (secondary N) is 1. The molecule has 1 N–H and O–H groups in total. The lowest BCUT2D eigenvalue weighted by Crippen LogP contribution is -2.50. The third-order valence-corrected chi connectivity index (χ3v) is 5.48. The van der Waals surface area contributed by atoms with Crippen molar-refractivity contribution in [2.24, 2.45) is 0 Å². The van der Waals surface area contributed by atoms with Crippen molar-refractivity contribution in [3.63, 3.8) is 0 Å². The van der Waals surface area contributed by atoms with E-state index in [0.29, 0.717) is 12.3 Å². The molecule has 1 unspecified atom stereocenters. The molecular formula is C24H32FN3O3. The summed E-state index contributed by atoms with van der Waals surface area (Å²) in [5.41, 5.74) is 1.78. The highest BCUT2D eigenvalue weighted by Gasteiger charge is 2.29. The summed E-state index contributed by atoms with van der Waals surface area (Å²) in [5, 5.41) is 2.69. The molecule has 1 atom stereocenters. The second-order valence-electron chi connectivity index (χ2n) is 7.94. The molecule has 6 nitrogen and oxygen atoms in total. The molecule has 168 valence electrons. The molecule has 2 amide bonds. The number of methoxy groups -OCH3 is 1. The Morgan fingerprint density at radius 2 is 1.97 bits per heavy atom. The number of hydrogen-bond acceptors (Lipinski definition) is 4. The van der Waals surface area contributed by atoms with Gasteiger partial charge >= 0.3 is 6.03 Å². The number of amides is 2. The molecule has 7 heteroatoms. The summed E-state index contributed by atoms with van der Waals surface area (Å²) < 4.78 is 24.8. The van der Waals surface area contributed by atoms with Crippen LogP contribution < -0.4 is 15.0 Å². The fourth-order valence-corrected chi connectivity index (χ4v) is 4.05. The molecule has 3 rings (SSSR count). The summed E-state index contributed by atoms with van der Waals surface area (Å²) in [6, 6.07) is 14.2. The molecule has 2 aromatic carbocycles. The Bertz CT molecular complexity index is 855. The largest absolute Gasteiger partial charge is 0.488 e. The number of halogens is 1. The van der Waals surface area contributed by atoms with Gasteiger partial charge in [-0.2, -0.15) is 0 Å². The number of hydrogen-bond donors (Lipinski definition) is 1. The maximum Gasteiger partial charge on any atom is 0.321 e. The van der Waals surface area contributed by atoms with E-state index in [1.54, 1.807) is 31.2 Å². The predicted molar refractivity (Wildman–Crippen MR) is 120 cm³/mol. The molecule has 0 bridgehead atoms. The van der Waals surface area contributed by atoms with Gasteiger partial charge in [0.1, 0.15) is 17.7 Å². The van der Waals surface area contributed by atoms with Crippen LogP contribution in [0.4, 0.5) is 14.9 Å². The highest BCUT2D eigenvalue weighted by atomic mass is 19.1. The number of likely N-dealkylation sites (tertiary alicyclic amines) is 1. The number of piperidine rings is 1. The second-order valence-corrected chi connectivity index (χ2v) is 7.94. The minimum absolute atomic E-state index is 0.00508. The Hall–Kier alpha value is -2.64. The average Bonchev–Trinajstić information content (AvgIpc) is 2.75. The van der Waals surface area contributed by atoms with Gasteiger partial charge in [0.2, 0.25) is 0 Å². The highest BCUT2D eigenvalue weighted by Crippen LogP contribution is 2.26. The Morgan fingerprint density at radius 1 is 1.23 bits per heavy atom. The normalized spacial score (nSPS) is 16.0. The zero-order valence-electron chi connectivity index (χ0n) is 18.5. The second kappa shape index (κ2) is 11.1. The summed E-state index contributed by atoms with van der Waals surface area (Å²) in [6.07, 6.45) is 1.64. The van der Waals surface area contributed by atoms with Gasteiger partial charge in [0.25, 0.3) is 0 Å². The monoisotopic (exact) mass is 429 g/mol. The van der Waals surface area contributed by atoms with E-state index in [4.69, 9.17) is 9.47 Å². The molecule has 1 saturated heterocycles. The smallest absolute Gasteiger partial charge is 0.321 e. The Morgan fingerprint density at radius 3 is 2.65 bits per heavy atom. The number of benzene rings is 2. The quantitative estimate of drug-likeness (QED) is 0.688. The maximum atomic E-state index is 13.7. The van der Waals surface area contributed by atoms with Crippen molar-refractivity contribution in [1.29, 1.82) is 0 Å². The van der Waals surface area contributed by atoms with Gasteiger partial charge in [-0.05, 0) is 55.7 Å². The number of carbonyl (C=O) groups is 1. The van der Waals surface area contributed by atoms with Crippen molar-refractivity contribution in [1.82, 2.24) is 10.2 Å². The topological polar surface area (TPSA) is 54.0 Å². The Balaban J connectivity index is 1.60. The van der Waals surface area contributed by atoms with Crippen LogP contribution in [0.2, 0.25) is 0 Å². The lowest BCUT2D eigenvalue weighted by Gasteiger charge is -2.38. The van der Waals surface area contributed by atoms with Crippen LogP contribution in [0.15, 0.2) is 48.5 Å². The average molecular weight is 430 g/mol. The molecule has 2 aromatic rings. The molecule has 0 saturated carbocycles. The number of anilines is 1. The van der Waals surface area contributed by atoms with E-state index in [2.05, 4.69) is 22.3 Å². The lowest BCUT2D eigenvalue weighted by atomic mass is 10.0. The van der Waals surface area contributed by atoms with Gasteiger partial charge in [-0.1, -0.05) is 18.2 Å². The number of urea groups is 1.